The number of carbonyl (C=O) groups excluding carboxylic acids is 1. The summed E-state index contributed by atoms with van der Waals surface area (Å²) in [7, 11) is 1.63. The third kappa shape index (κ3) is 3.38. The lowest BCUT2D eigenvalue weighted by atomic mass is 9.97. The van der Waals surface area contributed by atoms with Crippen LogP contribution in [0.4, 0.5) is 0 Å². The molecule has 3 heteroatoms. The molecule has 0 bridgehead atoms. The number of benzene rings is 2. The molecule has 2 aromatic rings. The van der Waals surface area contributed by atoms with Crippen LogP contribution < -0.4 is 4.74 Å². The number of esters is 1. The quantitative estimate of drug-likeness (QED) is 0.780. The van der Waals surface area contributed by atoms with Crippen molar-refractivity contribution in [1.82, 2.24) is 0 Å². The van der Waals surface area contributed by atoms with E-state index in [1.807, 2.05) is 55.5 Å². The van der Waals surface area contributed by atoms with Crippen LogP contribution >= 0.6 is 0 Å². The second-order valence-electron chi connectivity index (χ2n) is 4.37. The summed E-state index contributed by atoms with van der Waals surface area (Å²) in [6.07, 6.45) is 0.266. The summed E-state index contributed by atoms with van der Waals surface area (Å²) in [6, 6.07) is 15.7. The number of hydrogen-bond acceptors (Lipinski definition) is 3. The van der Waals surface area contributed by atoms with Crippen molar-refractivity contribution >= 4 is 5.97 Å². The third-order valence-electron chi connectivity index (χ3n) is 3.04. The Morgan fingerprint density at radius 3 is 2.50 bits per heavy atom. The van der Waals surface area contributed by atoms with E-state index < -0.39 is 0 Å². The van der Waals surface area contributed by atoms with Gasteiger partial charge in [0.05, 0.1) is 20.1 Å². The molecule has 0 aliphatic heterocycles. The Morgan fingerprint density at radius 1 is 1.10 bits per heavy atom. The van der Waals surface area contributed by atoms with E-state index in [1.165, 1.54) is 0 Å². The van der Waals surface area contributed by atoms with Crippen molar-refractivity contribution in [2.24, 2.45) is 0 Å². The second-order valence-corrected chi connectivity index (χ2v) is 4.37. The minimum atomic E-state index is -0.213. The molecule has 20 heavy (non-hydrogen) atoms. The summed E-state index contributed by atoms with van der Waals surface area (Å²) < 4.78 is 10.3. The average molecular weight is 270 g/mol. The standard InChI is InChI=1S/C17H18O3/c1-3-20-17(18)11-14-9-10-15(19-2)12-16(14)13-7-5-4-6-8-13/h4-10,12H,3,11H2,1-2H3. The van der Waals surface area contributed by atoms with Crippen molar-refractivity contribution in [1.29, 1.82) is 0 Å². The molecule has 0 amide bonds. The van der Waals surface area contributed by atoms with Crippen LogP contribution in [0.15, 0.2) is 48.5 Å². The number of carbonyl (C=O) groups is 1. The van der Waals surface area contributed by atoms with Gasteiger partial charge in [-0.25, -0.2) is 0 Å². The van der Waals surface area contributed by atoms with Gasteiger partial charge >= 0.3 is 5.97 Å². The summed E-state index contributed by atoms with van der Waals surface area (Å²) in [4.78, 5) is 11.7. The van der Waals surface area contributed by atoms with Crippen molar-refractivity contribution in [3.05, 3.63) is 54.1 Å². The molecule has 3 nitrogen and oxygen atoms in total. The van der Waals surface area contributed by atoms with Crippen molar-refractivity contribution in [2.75, 3.05) is 13.7 Å². The zero-order valence-corrected chi connectivity index (χ0v) is 11.8. The van der Waals surface area contributed by atoms with Gasteiger partial charge in [-0.3, -0.25) is 4.79 Å². The zero-order chi connectivity index (χ0) is 14.4. The van der Waals surface area contributed by atoms with Crippen molar-refractivity contribution in [2.45, 2.75) is 13.3 Å². The summed E-state index contributed by atoms with van der Waals surface area (Å²) in [5.41, 5.74) is 3.00. The van der Waals surface area contributed by atoms with Gasteiger partial charge in [0.15, 0.2) is 0 Å². The Bertz CT molecular complexity index is 576. The molecule has 2 aromatic carbocycles. The van der Waals surface area contributed by atoms with Crippen LogP contribution in [-0.4, -0.2) is 19.7 Å². The van der Waals surface area contributed by atoms with Gasteiger partial charge in [-0.1, -0.05) is 36.4 Å². The summed E-state index contributed by atoms with van der Waals surface area (Å²) >= 11 is 0. The number of methoxy groups -OCH3 is 1. The monoisotopic (exact) mass is 270 g/mol. The maximum atomic E-state index is 11.7. The predicted molar refractivity (Wildman–Crippen MR) is 78.8 cm³/mol. The summed E-state index contributed by atoms with van der Waals surface area (Å²) in [5.74, 6) is 0.561. The van der Waals surface area contributed by atoms with Crippen LogP contribution in [0.25, 0.3) is 11.1 Å². The molecule has 104 valence electrons. The van der Waals surface area contributed by atoms with Crippen LogP contribution in [0.3, 0.4) is 0 Å². The minimum Gasteiger partial charge on any atom is -0.497 e. The molecule has 0 aliphatic rings. The van der Waals surface area contributed by atoms with Crippen molar-refractivity contribution < 1.29 is 14.3 Å². The van der Waals surface area contributed by atoms with Crippen LogP contribution in [0.2, 0.25) is 0 Å². The van der Waals surface area contributed by atoms with Gasteiger partial charge in [0.1, 0.15) is 5.75 Å². The van der Waals surface area contributed by atoms with E-state index in [0.29, 0.717) is 6.61 Å². The van der Waals surface area contributed by atoms with E-state index in [0.717, 1.165) is 22.4 Å². The van der Waals surface area contributed by atoms with E-state index in [1.54, 1.807) is 7.11 Å². The second kappa shape index (κ2) is 6.75. The third-order valence-corrected chi connectivity index (χ3v) is 3.04. The van der Waals surface area contributed by atoms with E-state index in [4.69, 9.17) is 9.47 Å². The fraction of sp³-hybridized carbons (Fsp3) is 0.235. The molecule has 0 aromatic heterocycles. The Kier molecular flexibility index (Phi) is 4.77. The molecule has 0 fully saturated rings. The zero-order valence-electron chi connectivity index (χ0n) is 11.8. The molecule has 0 aliphatic carbocycles. The fourth-order valence-electron chi connectivity index (χ4n) is 2.09. The first-order chi connectivity index (χ1) is 9.74. The van der Waals surface area contributed by atoms with E-state index >= 15 is 0 Å². The highest BCUT2D eigenvalue weighted by molar-refractivity contribution is 5.78. The Hall–Kier alpha value is -2.29. The smallest absolute Gasteiger partial charge is 0.310 e. The maximum absolute atomic E-state index is 11.7. The molecule has 0 atom stereocenters. The first kappa shape index (κ1) is 14.1. The van der Waals surface area contributed by atoms with E-state index in [-0.39, 0.29) is 12.4 Å². The molecule has 0 heterocycles. The highest BCUT2D eigenvalue weighted by Gasteiger charge is 2.11. The van der Waals surface area contributed by atoms with Gasteiger partial charge in [0.2, 0.25) is 0 Å². The van der Waals surface area contributed by atoms with Gasteiger partial charge in [-0.15, -0.1) is 0 Å². The molecular weight excluding hydrogens is 252 g/mol. The largest absolute Gasteiger partial charge is 0.497 e. The molecule has 2 rings (SSSR count). The molecule has 0 saturated carbocycles. The lowest BCUT2D eigenvalue weighted by molar-refractivity contribution is -0.142. The van der Waals surface area contributed by atoms with E-state index in [9.17, 15) is 4.79 Å². The summed E-state index contributed by atoms with van der Waals surface area (Å²) in [5, 5.41) is 0. The van der Waals surface area contributed by atoms with Crippen LogP contribution in [-0.2, 0) is 16.0 Å². The molecular formula is C17H18O3. The predicted octanol–water partition coefficient (Wildman–Crippen LogP) is 3.47. The van der Waals surface area contributed by atoms with Gasteiger partial charge in [0.25, 0.3) is 0 Å². The van der Waals surface area contributed by atoms with Gasteiger partial charge < -0.3 is 9.47 Å². The normalized spacial score (nSPS) is 10.1. The fourth-order valence-corrected chi connectivity index (χ4v) is 2.09. The molecule has 0 saturated heterocycles. The molecule has 0 N–H and O–H groups in total. The molecule has 0 unspecified atom stereocenters. The topological polar surface area (TPSA) is 35.5 Å². The lowest BCUT2D eigenvalue weighted by Crippen LogP contribution is -2.08. The minimum absolute atomic E-state index is 0.213. The SMILES string of the molecule is CCOC(=O)Cc1ccc(OC)cc1-c1ccccc1. The van der Waals surface area contributed by atoms with Crippen LogP contribution in [0.5, 0.6) is 5.75 Å². The Morgan fingerprint density at radius 2 is 1.85 bits per heavy atom. The van der Waals surface area contributed by atoms with Crippen LogP contribution in [0.1, 0.15) is 12.5 Å². The maximum Gasteiger partial charge on any atom is 0.310 e. The van der Waals surface area contributed by atoms with Gasteiger partial charge in [-0.05, 0) is 35.7 Å². The number of rotatable bonds is 5. The first-order valence-corrected chi connectivity index (χ1v) is 6.62. The number of hydrogen-bond donors (Lipinski definition) is 0. The van der Waals surface area contributed by atoms with Crippen molar-refractivity contribution in [3.8, 4) is 16.9 Å². The Balaban J connectivity index is 2.38. The van der Waals surface area contributed by atoms with Gasteiger partial charge in [-0.2, -0.15) is 0 Å². The van der Waals surface area contributed by atoms with Crippen LogP contribution in [0, 0.1) is 0 Å². The first-order valence-electron chi connectivity index (χ1n) is 6.62. The highest BCUT2D eigenvalue weighted by Crippen LogP contribution is 2.28. The Labute approximate surface area is 119 Å². The molecule has 0 radical (unpaired) electrons. The van der Waals surface area contributed by atoms with Crippen molar-refractivity contribution in [3.63, 3.8) is 0 Å². The summed E-state index contributed by atoms with van der Waals surface area (Å²) in [6.45, 7) is 2.21. The van der Waals surface area contributed by atoms with E-state index in [2.05, 4.69) is 0 Å². The highest BCUT2D eigenvalue weighted by atomic mass is 16.5. The average Bonchev–Trinajstić information content (AvgIpc) is 2.49. The number of ether oxygens (including phenoxy) is 2. The molecule has 0 spiro atoms. The van der Waals surface area contributed by atoms with Gasteiger partial charge in [0, 0.05) is 0 Å². The lowest BCUT2D eigenvalue weighted by Gasteiger charge is -2.11.